The van der Waals surface area contributed by atoms with E-state index in [9.17, 15) is 4.79 Å². The summed E-state index contributed by atoms with van der Waals surface area (Å²) in [4.78, 5) is 18.2. The van der Waals surface area contributed by atoms with Crippen molar-refractivity contribution in [2.45, 2.75) is 31.7 Å². The third-order valence-corrected chi connectivity index (χ3v) is 3.42. The minimum absolute atomic E-state index is 0.0182. The van der Waals surface area contributed by atoms with Crippen LogP contribution in [-0.4, -0.2) is 40.1 Å². The number of nitrogens with zero attached hydrogens (tertiary/aromatic N) is 2. The molecule has 0 saturated carbocycles. The smallest absolute Gasteiger partial charge is 0.256 e. The summed E-state index contributed by atoms with van der Waals surface area (Å²) in [5, 5.41) is 8.88. The topological polar surface area (TPSA) is 79.5 Å². The second-order valence-electron chi connectivity index (χ2n) is 4.62. The molecule has 1 aliphatic rings. The number of nitrogen functional groups attached to an aromatic ring is 1. The van der Waals surface area contributed by atoms with Crippen molar-refractivity contribution < 1.29 is 9.90 Å². The first-order valence-corrected chi connectivity index (χ1v) is 6.35. The first-order valence-electron chi connectivity index (χ1n) is 6.35. The lowest BCUT2D eigenvalue weighted by molar-refractivity contribution is 0.0725. The Bertz CT molecular complexity index is 422. The van der Waals surface area contributed by atoms with Crippen LogP contribution in [0.1, 0.15) is 36.0 Å². The minimum atomic E-state index is -0.0182. The van der Waals surface area contributed by atoms with Crippen LogP contribution >= 0.6 is 0 Å². The fourth-order valence-electron chi connectivity index (χ4n) is 2.49. The molecule has 0 radical (unpaired) electrons. The zero-order valence-corrected chi connectivity index (χ0v) is 10.4. The summed E-state index contributed by atoms with van der Waals surface area (Å²) < 4.78 is 0. The second-order valence-corrected chi connectivity index (χ2v) is 4.62. The van der Waals surface area contributed by atoms with E-state index in [0.29, 0.717) is 11.3 Å². The van der Waals surface area contributed by atoms with E-state index in [2.05, 4.69) is 4.98 Å². The van der Waals surface area contributed by atoms with Crippen LogP contribution in [0.5, 0.6) is 0 Å². The summed E-state index contributed by atoms with van der Waals surface area (Å²) in [5.41, 5.74) is 6.74. The fourth-order valence-corrected chi connectivity index (χ4v) is 2.49. The number of rotatable bonds is 4. The number of nitrogens with two attached hydrogens (primary N) is 1. The maximum Gasteiger partial charge on any atom is 0.256 e. The molecule has 1 aromatic rings. The second kappa shape index (κ2) is 5.82. The Labute approximate surface area is 107 Å². The fraction of sp³-hybridized carbons (Fsp3) is 0.538. The SMILES string of the molecule is Nc1cnccc1C(=O)N1CCCC1CCCO. The standard InChI is InChI=1S/C13H19N3O2/c14-12-9-15-6-5-11(12)13(18)16-7-1-3-10(16)4-2-8-17/h5-6,9-10,17H,1-4,7-8,14H2. The zero-order valence-electron chi connectivity index (χ0n) is 10.4. The van der Waals surface area contributed by atoms with Crippen molar-refractivity contribution in [3.05, 3.63) is 24.0 Å². The van der Waals surface area contributed by atoms with Crippen molar-refractivity contribution in [1.29, 1.82) is 0 Å². The third kappa shape index (κ3) is 2.61. The number of aromatic nitrogens is 1. The number of hydrogen-bond donors (Lipinski definition) is 2. The van der Waals surface area contributed by atoms with Gasteiger partial charge in [0.05, 0.1) is 17.4 Å². The predicted octanol–water partition coefficient (Wildman–Crippen LogP) is 1.04. The molecule has 1 fully saturated rings. The van der Waals surface area contributed by atoms with E-state index >= 15 is 0 Å². The van der Waals surface area contributed by atoms with Crippen molar-refractivity contribution in [3.63, 3.8) is 0 Å². The maximum absolute atomic E-state index is 12.4. The summed E-state index contributed by atoms with van der Waals surface area (Å²) in [5.74, 6) is -0.0182. The normalized spacial score (nSPS) is 19.2. The lowest BCUT2D eigenvalue weighted by atomic mass is 10.1. The average molecular weight is 249 g/mol. The molecule has 1 saturated heterocycles. The molecule has 5 heteroatoms. The van der Waals surface area contributed by atoms with Gasteiger partial charge in [0.2, 0.25) is 0 Å². The van der Waals surface area contributed by atoms with Crippen molar-refractivity contribution in [3.8, 4) is 0 Å². The summed E-state index contributed by atoms with van der Waals surface area (Å²) in [6, 6.07) is 1.90. The lowest BCUT2D eigenvalue weighted by Gasteiger charge is -2.25. The highest BCUT2D eigenvalue weighted by Crippen LogP contribution is 2.24. The number of amides is 1. The Kier molecular flexibility index (Phi) is 4.15. The first-order chi connectivity index (χ1) is 8.74. The number of carbonyl (C=O) groups is 1. The van der Waals surface area contributed by atoms with Gasteiger partial charge < -0.3 is 15.7 Å². The van der Waals surface area contributed by atoms with Crippen LogP contribution in [0.4, 0.5) is 5.69 Å². The molecule has 1 aliphatic heterocycles. The van der Waals surface area contributed by atoms with Gasteiger partial charge in [0, 0.05) is 25.4 Å². The molecular formula is C13H19N3O2. The Balaban J connectivity index is 2.10. The van der Waals surface area contributed by atoms with Crippen molar-refractivity contribution in [1.82, 2.24) is 9.88 Å². The van der Waals surface area contributed by atoms with Crippen molar-refractivity contribution in [2.24, 2.45) is 0 Å². The molecule has 0 aromatic carbocycles. The number of pyridine rings is 1. The summed E-state index contributed by atoms with van der Waals surface area (Å²) in [7, 11) is 0. The van der Waals surface area contributed by atoms with Crippen molar-refractivity contribution in [2.75, 3.05) is 18.9 Å². The highest BCUT2D eigenvalue weighted by atomic mass is 16.3. The van der Waals surface area contributed by atoms with Gasteiger partial charge in [-0.15, -0.1) is 0 Å². The van der Waals surface area contributed by atoms with Gasteiger partial charge in [0.15, 0.2) is 0 Å². The molecule has 0 spiro atoms. The van der Waals surface area contributed by atoms with E-state index in [4.69, 9.17) is 10.8 Å². The van der Waals surface area contributed by atoms with Crippen LogP contribution in [-0.2, 0) is 0 Å². The molecule has 2 heterocycles. The number of anilines is 1. The van der Waals surface area contributed by atoms with E-state index in [0.717, 1.165) is 32.2 Å². The highest BCUT2D eigenvalue weighted by molar-refractivity contribution is 5.99. The number of hydrogen-bond acceptors (Lipinski definition) is 4. The molecule has 0 aliphatic carbocycles. The predicted molar refractivity (Wildman–Crippen MR) is 69.0 cm³/mol. The Morgan fingerprint density at radius 2 is 2.44 bits per heavy atom. The van der Waals surface area contributed by atoms with Crippen LogP contribution in [0.3, 0.4) is 0 Å². The molecule has 1 atom stereocenters. The molecule has 1 aromatic heterocycles. The van der Waals surface area contributed by atoms with E-state index in [1.807, 2.05) is 4.90 Å². The molecule has 3 N–H and O–H groups in total. The minimum Gasteiger partial charge on any atom is -0.397 e. The van der Waals surface area contributed by atoms with Crippen LogP contribution in [0.2, 0.25) is 0 Å². The Morgan fingerprint density at radius 3 is 3.17 bits per heavy atom. The molecule has 1 amide bonds. The monoisotopic (exact) mass is 249 g/mol. The highest BCUT2D eigenvalue weighted by Gasteiger charge is 2.29. The van der Waals surface area contributed by atoms with Gasteiger partial charge in [-0.1, -0.05) is 0 Å². The van der Waals surface area contributed by atoms with Crippen LogP contribution in [0, 0.1) is 0 Å². The van der Waals surface area contributed by atoms with E-state index < -0.39 is 0 Å². The zero-order chi connectivity index (χ0) is 13.0. The van der Waals surface area contributed by atoms with E-state index in [1.54, 1.807) is 12.3 Å². The largest absolute Gasteiger partial charge is 0.397 e. The van der Waals surface area contributed by atoms with Gasteiger partial charge >= 0.3 is 0 Å². The maximum atomic E-state index is 12.4. The number of aliphatic hydroxyl groups is 1. The number of aliphatic hydroxyl groups excluding tert-OH is 1. The van der Waals surface area contributed by atoms with Gasteiger partial charge in [0.25, 0.3) is 5.91 Å². The van der Waals surface area contributed by atoms with Crippen molar-refractivity contribution >= 4 is 11.6 Å². The molecular weight excluding hydrogens is 230 g/mol. The van der Waals surface area contributed by atoms with Gasteiger partial charge in [0.1, 0.15) is 0 Å². The van der Waals surface area contributed by atoms with Gasteiger partial charge in [-0.25, -0.2) is 0 Å². The number of carbonyl (C=O) groups excluding carboxylic acids is 1. The molecule has 2 rings (SSSR count). The average Bonchev–Trinajstić information content (AvgIpc) is 2.84. The molecule has 1 unspecified atom stereocenters. The van der Waals surface area contributed by atoms with Gasteiger partial charge in [-0.3, -0.25) is 9.78 Å². The van der Waals surface area contributed by atoms with E-state index in [1.165, 1.54) is 6.20 Å². The molecule has 5 nitrogen and oxygen atoms in total. The summed E-state index contributed by atoms with van der Waals surface area (Å²) in [6.45, 7) is 0.951. The Hall–Kier alpha value is -1.62. The van der Waals surface area contributed by atoms with Crippen LogP contribution < -0.4 is 5.73 Å². The molecule has 0 bridgehead atoms. The number of likely N-dealkylation sites (tertiary alicyclic amines) is 1. The summed E-state index contributed by atoms with van der Waals surface area (Å²) in [6.07, 6.45) is 6.71. The third-order valence-electron chi connectivity index (χ3n) is 3.42. The van der Waals surface area contributed by atoms with Crippen LogP contribution in [0.25, 0.3) is 0 Å². The van der Waals surface area contributed by atoms with Gasteiger partial charge in [-0.2, -0.15) is 0 Å². The van der Waals surface area contributed by atoms with Crippen LogP contribution in [0.15, 0.2) is 18.5 Å². The quantitative estimate of drug-likeness (QED) is 0.835. The van der Waals surface area contributed by atoms with E-state index in [-0.39, 0.29) is 18.6 Å². The Morgan fingerprint density at radius 1 is 1.61 bits per heavy atom. The lowest BCUT2D eigenvalue weighted by Crippen LogP contribution is -2.36. The first kappa shape index (κ1) is 12.8. The summed E-state index contributed by atoms with van der Waals surface area (Å²) >= 11 is 0. The molecule has 98 valence electrons. The van der Waals surface area contributed by atoms with Gasteiger partial charge in [-0.05, 0) is 31.7 Å². The molecule has 18 heavy (non-hydrogen) atoms.